The van der Waals surface area contributed by atoms with Gasteiger partial charge in [0, 0.05) is 18.7 Å². The highest BCUT2D eigenvalue weighted by atomic mass is 35.5. The van der Waals surface area contributed by atoms with E-state index in [2.05, 4.69) is 19.1 Å². The van der Waals surface area contributed by atoms with E-state index < -0.39 is 0 Å². The Hall–Kier alpha value is -1.06. The van der Waals surface area contributed by atoms with E-state index in [1.807, 2.05) is 25.7 Å². The summed E-state index contributed by atoms with van der Waals surface area (Å²) in [6.45, 7) is 9.22. The molecule has 3 nitrogen and oxygen atoms in total. The summed E-state index contributed by atoms with van der Waals surface area (Å²) in [4.78, 5) is 14.7. The maximum atomic E-state index is 12.8. The van der Waals surface area contributed by atoms with Crippen LogP contribution in [-0.4, -0.2) is 42.0 Å². The summed E-state index contributed by atoms with van der Waals surface area (Å²) in [6, 6.07) is 4.12. The van der Waals surface area contributed by atoms with Crippen molar-refractivity contribution in [2.75, 3.05) is 19.0 Å². The Bertz CT molecular complexity index is 492. The van der Waals surface area contributed by atoms with Crippen molar-refractivity contribution in [2.24, 2.45) is 0 Å². The molecule has 1 fully saturated rings. The van der Waals surface area contributed by atoms with Crippen LogP contribution in [0.25, 0.3) is 0 Å². The van der Waals surface area contributed by atoms with Crippen LogP contribution in [0.5, 0.6) is 0 Å². The van der Waals surface area contributed by atoms with Gasteiger partial charge in [-0.2, -0.15) is 0 Å². The highest BCUT2D eigenvalue weighted by molar-refractivity contribution is 6.18. The fourth-order valence-corrected chi connectivity index (χ4v) is 3.14. The molecule has 1 heterocycles. The van der Waals surface area contributed by atoms with Gasteiger partial charge in [-0.25, -0.2) is 0 Å². The van der Waals surface area contributed by atoms with Gasteiger partial charge in [-0.1, -0.05) is 17.7 Å². The van der Waals surface area contributed by atoms with Crippen LogP contribution < -0.4 is 0 Å². The minimum atomic E-state index is -0.0737. The predicted molar refractivity (Wildman–Crippen MR) is 81.6 cm³/mol. The number of halogens is 1. The number of morpholine rings is 1. The maximum absolute atomic E-state index is 12.8. The van der Waals surface area contributed by atoms with Gasteiger partial charge in [0.25, 0.3) is 5.91 Å². The number of alkyl halides is 1. The minimum absolute atomic E-state index is 0.0301. The van der Waals surface area contributed by atoms with Crippen LogP contribution in [-0.2, 0) is 4.74 Å². The van der Waals surface area contributed by atoms with Crippen molar-refractivity contribution >= 4 is 17.5 Å². The lowest BCUT2D eigenvalue weighted by Gasteiger charge is -2.36. The topological polar surface area (TPSA) is 29.5 Å². The van der Waals surface area contributed by atoms with Crippen molar-refractivity contribution in [2.45, 2.75) is 39.9 Å². The fourth-order valence-electron chi connectivity index (χ4n) is 2.97. The number of carbonyl (C=O) groups is 1. The van der Waals surface area contributed by atoms with Crippen molar-refractivity contribution in [1.29, 1.82) is 0 Å². The Kier molecular flexibility index (Phi) is 4.71. The van der Waals surface area contributed by atoms with Crippen LogP contribution in [0.4, 0.5) is 0 Å². The molecule has 1 aliphatic heterocycles. The molecule has 1 amide bonds. The number of amides is 1. The van der Waals surface area contributed by atoms with Crippen LogP contribution in [0.15, 0.2) is 12.1 Å². The molecule has 0 radical (unpaired) electrons. The molecule has 4 heteroatoms. The molecule has 0 N–H and O–H groups in total. The van der Waals surface area contributed by atoms with Crippen LogP contribution in [0, 0.1) is 20.8 Å². The van der Waals surface area contributed by atoms with Gasteiger partial charge in [0.05, 0.1) is 18.1 Å². The van der Waals surface area contributed by atoms with Gasteiger partial charge in [-0.3, -0.25) is 4.79 Å². The Labute approximate surface area is 125 Å². The van der Waals surface area contributed by atoms with Gasteiger partial charge < -0.3 is 9.64 Å². The lowest BCUT2D eigenvalue weighted by molar-refractivity contribution is -0.0570. The normalized spacial score (nSPS) is 22.9. The zero-order valence-electron chi connectivity index (χ0n) is 12.6. The smallest absolute Gasteiger partial charge is 0.254 e. The second kappa shape index (κ2) is 6.15. The molecule has 0 bridgehead atoms. The summed E-state index contributed by atoms with van der Waals surface area (Å²) in [5.41, 5.74) is 4.08. The molecule has 1 aromatic carbocycles. The van der Waals surface area contributed by atoms with Crippen molar-refractivity contribution in [3.8, 4) is 0 Å². The zero-order valence-corrected chi connectivity index (χ0v) is 13.3. The van der Waals surface area contributed by atoms with Crippen LogP contribution in [0.3, 0.4) is 0 Å². The molecule has 0 spiro atoms. The first kappa shape index (κ1) is 15.3. The van der Waals surface area contributed by atoms with E-state index in [1.54, 1.807) is 0 Å². The third-order valence-corrected chi connectivity index (χ3v) is 4.02. The van der Waals surface area contributed by atoms with Gasteiger partial charge in [-0.15, -0.1) is 11.6 Å². The van der Waals surface area contributed by atoms with Crippen molar-refractivity contribution < 1.29 is 9.53 Å². The van der Waals surface area contributed by atoms with Gasteiger partial charge >= 0.3 is 0 Å². The molecule has 0 saturated carbocycles. The second-order valence-corrected chi connectivity index (χ2v) is 6.02. The highest BCUT2D eigenvalue weighted by Gasteiger charge is 2.29. The molecule has 1 aromatic rings. The molecule has 1 aliphatic rings. The molecule has 0 aromatic heterocycles. The summed E-state index contributed by atoms with van der Waals surface area (Å²) in [5, 5.41) is 0. The van der Waals surface area contributed by atoms with Crippen LogP contribution in [0.1, 0.15) is 34.0 Å². The average Bonchev–Trinajstić information content (AvgIpc) is 2.36. The second-order valence-electron chi connectivity index (χ2n) is 5.71. The Morgan fingerprint density at radius 1 is 1.30 bits per heavy atom. The number of ether oxygens (including phenoxy) is 1. The van der Waals surface area contributed by atoms with Gasteiger partial charge in [0.15, 0.2) is 0 Å². The Balaban J connectivity index is 2.27. The fraction of sp³-hybridized carbons (Fsp3) is 0.562. The monoisotopic (exact) mass is 295 g/mol. The van der Waals surface area contributed by atoms with E-state index in [1.165, 1.54) is 5.56 Å². The first-order valence-corrected chi connectivity index (χ1v) is 7.54. The van der Waals surface area contributed by atoms with Crippen molar-refractivity contribution in [3.05, 3.63) is 34.4 Å². The van der Waals surface area contributed by atoms with E-state index >= 15 is 0 Å². The van der Waals surface area contributed by atoms with Gasteiger partial charge in [-0.05, 0) is 38.8 Å². The van der Waals surface area contributed by atoms with E-state index in [9.17, 15) is 4.79 Å². The third-order valence-electron chi connectivity index (χ3n) is 3.68. The summed E-state index contributed by atoms with van der Waals surface area (Å²) < 4.78 is 5.71. The number of rotatable bonds is 2. The molecular weight excluding hydrogens is 274 g/mol. The van der Waals surface area contributed by atoms with Crippen molar-refractivity contribution in [3.63, 3.8) is 0 Å². The van der Waals surface area contributed by atoms with Gasteiger partial charge in [0.1, 0.15) is 0 Å². The van der Waals surface area contributed by atoms with E-state index in [4.69, 9.17) is 16.3 Å². The average molecular weight is 296 g/mol. The Morgan fingerprint density at radius 3 is 2.45 bits per heavy atom. The quantitative estimate of drug-likeness (QED) is 0.785. The zero-order chi connectivity index (χ0) is 14.9. The van der Waals surface area contributed by atoms with Gasteiger partial charge in [0.2, 0.25) is 0 Å². The number of aryl methyl sites for hydroxylation is 3. The standard InChI is InChI=1S/C16H22ClNO2/c1-10-5-11(2)15(12(3)6-10)16(19)18-8-13(4)20-14(7-17)9-18/h5-6,13-14H,7-9H2,1-4H3. The molecular formula is C16H22ClNO2. The maximum Gasteiger partial charge on any atom is 0.254 e. The number of hydrogen-bond acceptors (Lipinski definition) is 2. The SMILES string of the molecule is Cc1cc(C)c(C(=O)N2CC(C)OC(CCl)C2)c(C)c1. The van der Waals surface area contributed by atoms with Crippen LogP contribution >= 0.6 is 11.6 Å². The number of carbonyl (C=O) groups excluding carboxylic acids is 1. The summed E-state index contributed by atoms with van der Waals surface area (Å²) in [6.07, 6.45) is -0.0436. The molecule has 2 unspecified atom stereocenters. The van der Waals surface area contributed by atoms with E-state index in [-0.39, 0.29) is 18.1 Å². The number of benzene rings is 1. The largest absolute Gasteiger partial charge is 0.370 e. The predicted octanol–water partition coefficient (Wildman–Crippen LogP) is 3.08. The lowest BCUT2D eigenvalue weighted by atomic mass is 9.98. The summed E-state index contributed by atoms with van der Waals surface area (Å²) in [7, 11) is 0. The molecule has 2 rings (SSSR count). The van der Waals surface area contributed by atoms with E-state index in [0.717, 1.165) is 16.7 Å². The molecule has 110 valence electrons. The minimum Gasteiger partial charge on any atom is -0.370 e. The summed E-state index contributed by atoms with van der Waals surface area (Å²) in [5.74, 6) is 0.505. The van der Waals surface area contributed by atoms with Crippen LogP contribution in [0.2, 0.25) is 0 Å². The number of nitrogens with zero attached hydrogens (tertiary/aromatic N) is 1. The molecule has 2 atom stereocenters. The highest BCUT2D eigenvalue weighted by Crippen LogP contribution is 2.21. The van der Waals surface area contributed by atoms with Crippen molar-refractivity contribution in [1.82, 2.24) is 4.90 Å². The first-order valence-electron chi connectivity index (χ1n) is 7.01. The van der Waals surface area contributed by atoms with E-state index in [0.29, 0.717) is 19.0 Å². The molecule has 1 saturated heterocycles. The number of hydrogen-bond donors (Lipinski definition) is 0. The Morgan fingerprint density at radius 2 is 1.90 bits per heavy atom. The third kappa shape index (κ3) is 3.15. The molecule has 20 heavy (non-hydrogen) atoms. The first-order chi connectivity index (χ1) is 9.42. The summed E-state index contributed by atoms with van der Waals surface area (Å²) >= 11 is 5.88. The lowest BCUT2D eigenvalue weighted by Crippen LogP contribution is -2.50. The molecule has 0 aliphatic carbocycles.